The highest BCUT2D eigenvalue weighted by molar-refractivity contribution is 6.71. The minimum Gasteiger partial charge on any atom is -0.447 e. The number of benzene rings is 1. The molecule has 0 radical (unpaired) electrons. The molecule has 2 saturated heterocycles. The van der Waals surface area contributed by atoms with Crippen molar-refractivity contribution in [3.05, 3.63) is 41.7 Å². The summed E-state index contributed by atoms with van der Waals surface area (Å²) in [4.78, 5) is 24.6. The molecule has 1 aromatic carbocycles. The summed E-state index contributed by atoms with van der Waals surface area (Å²) in [6, 6.07) is 8.06. The Kier molecular flexibility index (Phi) is 7.71. The van der Waals surface area contributed by atoms with Crippen LogP contribution >= 0.6 is 0 Å². The van der Waals surface area contributed by atoms with Crippen LogP contribution in [-0.2, 0) is 28.9 Å². The van der Waals surface area contributed by atoms with Crippen LogP contribution in [0.3, 0.4) is 0 Å². The molecule has 0 unspecified atom stereocenters. The maximum absolute atomic E-state index is 11.9. The fourth-order valence-corrected chi connectivity index (χ4v) is 8.09. The van der Waals surface area contributed by atoms with Crippen molar-refractivity contribution in [3.8, 4) is 0 Å². The van der Waals surface area contributed by atoms with Crippen LogP contribution in [0, 0.1) is 5.92 Å². The molecule has 4 atom stereocenters. The van der Waals surface area contributed by atoms with Crippen LogP contribution in [0.5, 0.6) is 0 Å². The number of cyclic esters (lactones) is 1. The molecule has 3 heterocycles. The predicted octanol–water partition coefficient (Wildman–Crippen LogP) is 2.76. The van der Waals surface area contributed by atoms with Crippen LogP contribution in [-0.4, -0.2) is 71.3 Å². The van der Waals surface area contributed by atoms with E-state index in [1.165, 1.54) is 0 Å². The molecule has 1 aromatic heterocycles. The average Bonchev–Trinajstić information content (AvgIpc) is 3.50. The largest absolute Gasteiger partial charge is 0.447 e. The van der Waals surface area contributed by atoms with E-state index in [4.69, 9.17) is 14.6 Å². The lowest BCUT2D eigenvalue weighted by Crippen LogP contribution is -2.40. The Bertz CT molecular complexity index is 978. The van der Waals surface area contributed by atoms with Gasteiger partial charge >= 0.3 is 6.09 Å². The number of aryl methyl sites for hydroxylation is 2. The number of hydrogen-bond acceptors (Lipinski definition) is 7. The fraction of sp³-hybridized carbons (Fsp3) is 0.625. The molecule has 2 aliphatic heterocycles. The monoisotopic (exact) mass is 488 g/mol. The van der Waals surface area contributed by atoms with E-state index in [1.807, 2.05) is 31.4 Å². The lowest BCUT2D eigenvalue weighted by Gasteiger charge is -2.30. The second kappa shape index (κ2) is 10.6. The highest BCUT2D eigenvalue weighted by Crippen LogP contribution is 2.45. The van der Waals surface area contributed by atoms with E-state index in [2.05, 4.69) is 29.4 Å². The maximum atomic E-state index is 11.9. The molecular weight excluding hydrogens is 452 g/mol. The molecule has 10 heteroatoms. The molecule has 2 aromatic rings. The van der Waals surface area contributed by atoms with E-state index < -0.39 is 8.32 Å². The van der Waals surface area contributed by atoms with E-state index in [0.717, 1.165) is 36.2 Å². The lowest BCUT2D eigenvalue weighted by atomic mass is 9.95. The summed E-state index contributed by atoms with van der Waals surface area (Å²) in [5.41, 5.74) is 2.95. The van der Waals surface area contributed by atoms with Gasteiger partial charge < -0.3 is 19.4 Å². The highest BCUT2D eigenvalue weighted by Gasteiger charge is 2.49. The molecule has 9 nitrogen and oxygen atoms in total. The molecule has 0 bridgehead atoms. The van der Waals surface area contributed by atoms with Gasteiger partial charge in [0.1, 0.15) is 6.61 Å². The quantitative estimate of drug-likeness (QED) is 0.495. The summed E-state index contributed by atoms with van der Waals surface area (Å²) >= 11 is 0. The zero-order valence-corrected chi connectivity index (χ0v) is 21.3. The van der Waals surface area contributed by atoms with Gasteiger partial charge in [0.05, 0.1) is 24.4 Å². The first-order chi connectivity index (χ1) is 16.3. The van der Waals surface area contributed by atoms with Gasteiger partial charge in [-0.05, 0) is 56.0 Å². The van der Waals surface area contributed by atoms with Crippen LogP contribution in [0.1, 0.15) is 31.0 Å². The number of carbonyl (C=O) groups excluding carboxylic acids is 1. The first-order valence-electron chi connectivity index (χ1n) is 12.2. The highest BCUT2D eigenvalue weighted by atomic mass is 28.4. The van der Waals surface area contributed by atoms with E-state index >= 15 is 0 Å². The SMILES string of the molecule is C[C@@H]1[C@@H]([Si](C)(C)O)[C@H](CCn2cc(CCO)nn2)O[C@@H]1CCc1cccc(N2CCOC2=O)c1. The number of hydrogen-bond donors (Lipinski definition) is 2. The van der Waals surface area contributed by atoms with E-state index in [-0.39, 0.29) is 36.4 Å². The van der Waals surface area contributed by atoms with Gasteiger partial charge in [0.25, 0.3) is 0 Å². The third-order valence-electron chi connectivity index (χ3n) is 7.02. The first kappa shape index (κ1) is 24.8. The lowest BCUT2D eigenvalue weighted by molar-refractivity contribution is 0.0245. The second-order valence-corrected chi connectivity index (χ2v) is 13.9. The van der Waals surface area contributed by atoms with Gasteiger partial charge in [-0.1, -0.05) is 24.3 Å². The molecule has 0 spiro atoms. The van der Waals surface area contributed by atoms with Crippen molar-refractivity contribution in [2.75, 3.05) is 24.7 Å². The van der Waals surface area contributed by atoms with Crippen LogP contribution in [0.2, 0.25) is 18.6 Å². The summed E-state index contributed by atoms with van der Waals surface area (Å²) in [6.07, 6.45) is 4.57. The van der Waals surface area contributed by atoms with E-state index in [9.17, 15) is 9.59 Å². The zero-order chi connectivity index (χ0) is 24.3. The zero-order valence-electron chi connectivity index (χ0n) is 20.3. The van der Waals surface area contributed by atoms with Crippen molar-refractivity contribution in [1.82, 2.24) is 15.0 Å². The normalized spacial score (nSPS) is 25.2. The van der Waals surface area contributed by atoms with Crippen LogP contribution in [0.4, 0.5) is 10.5 Å². The number of anilines is 1. The Labute approximate surface area is 201 Å². The Morgan fingerprint density at radius 3 is 2.74 bits per heavy atom. The standard InChI is InChI=1S/C24H36N4O5Si/c1-17-21(8-7-18-5-4-6-20(15-18)28-12-14-32-24(28)30)33-22(23(17)34(2,3)31)9-11-27-16-19(10-13-29)25-26-27/h4-6,15-17,21-23,29,31H,7-14H2,1-3H3/t17-,21+,22-,23+/m0/s1. The fourth-order valence-electron chi connectivity index (χ4n) is 5.43. The summed E-state index contributed by atoms with van der Waals surface area (Å²) < 4.78 is 13.4. The van der Waals surface area contributed by atoms with Crippen molar-refractivity contribution in [3.63, 3.8) is 0 Å². The van der Waals surface area contributed by atoms with Gasteiger partial charge in [0.15, 0.2) is 8.32 Å². The Hall–Kier alpha value is -2.27. The van der Waals surface area contributed by atoms with Gasteiger partial charge in [0.2, 0.25) is 0 Å². The van der Waals surface area contributed by atoms with Gasteiger partial charge in [-0.15, -0.1) is 5.10 Å². The van der Waals surface area contributed by atoms with Crippen molar-refractivity contribution in [2.45, 2.75) is 70.0 Å². The predicted molar refractivity (Wildman–Crippen MR) is 130 cm³/mol. The van der Waals surface area contributed by atoms with Gasteiger partial charge in [0, 0.05) is 37.0 Å². The number of nitrogens with zero attached hydrogens (tertiary/aromatic N) is 4. The van der Waals surface area contributed by atoms with Gasteiger partial charge in [-0.3, -0.25) is 9.58 Å². The van der Waals surface area contributed by atoms with Crippen molar-refractivity contribution >= 4 is 20.1 Å². The summed E-state index contributed by atoms with van der Waals surface area (Å²) in [6.45, 7) is 7.93. The number of ether oxygens (including phenoxy) is 2. The molecule has 2 aliphatic rings. The molecule has 2 fully saturated rings. The number of aliphatic hydroxyl groups is 1. The minimum absolute atomic E-state index is 0.0251. The molecule has 1 amide bonds. The topological polar surface area (TPSA) is 110 Å². The third kappa shape index (κ3) is 5.68. The van der Waals surface area contributed by atoms with Crippen LogP contribution < -0.4 is 4.90 Å². The molecule has 2 N–H and O–H groups in total. The van der Waals surface area contributed by atoms with Crippen molar-refractivity contribution in [1.29, 1.82) is 0 Å². The van der Waals surface area contributed by atoms with Gasteiger partial charge in [-0.2, -0.15) is 0 Å². The number of aromatic nitrogens is 3. The molecule has 4 rings (SSSR count). The number of carbonyl (C=O) groups is 1. The molecule has 0 aliphatic carbocycles. The molecule has 34 heavy (non-hydrogen) atoms. The van der Waals surface area contributed by atoms with E-state index in [1.54, 1.807) is 9.58 Å². The first-order valence-corrected chi connectivity index (χ1v) is 15.2. The molecule has 0 saturated carbocycles. The number of aliphatic hydroxyl groups excluding tert-OH is 1. The maximum Gasteiger partial charge on any atom is 0.414 e. The molecule has 186 valence electrons. The minimum atomic E-state index is -2.44. The Morgan fingerprint density at radius 1 is 1.21 bits per heavy atom. The van der Waals surface area contributed by atoms with Crippen LogP contribution in [0.15, 0.2) is 30.5 Å². The Balaban J connectivity index is 1.38. The summed E-state index contributed by atoms with van der Waals surface area (Å²) in [5.74, 6) is 0.258. The van der Waals surface area contributed by atoms with Gasteiger partial charge in [-0.25, -0.2) is 4.79 Å². The van der Waals surface area contributed by atoms with Crippen LogP contribution in [0.25, 0.3) is 0 Å². The summed E-state index contributed by atoms with van der Waals surface area (Å²) in [7, 11) is -2.44. The van der Waals surface area contributed by atoms with Crippen molar-refractivity contribution in [2.24, 2.45) is 5.92 Å². The third-order valence-corrected chi connectivity index (χ3v) is 9.55. The molecular formula is C24H36N4O5Si. The average molecular weight is 489 g/mol. The Morgan fingerprint density at radius 2 is 2.03 bits per heavy atom. The van der Waals surface area contributed by atoms with Crippen molar-refractivity contribution < 1.29 is 24.2 Å². The summed E-state index contributed by atoms with van der Waals surface area (Å²) in [5, 5.41) is 17.3. The number of amides is 1. The smallest absolute Gasteiger partial charge is 0.414 e. The second-order valence-electron chi connectivity index (χ2n) is 9.96. The van der Waals surface area contributed by atoms with E-state index in [0.29, 0.717) is 26.1 Å². The number of rotatable bonds is 10.